The molecule has 1 aromatic heterocycles. The van der Waals surface area contributed by atoms with Gasteiger partial charge in [0.1, 0.15) is 18.2 Å². The van der Waals surface area contributed by atoms with Crippen LogP contribution in [0.2, 0.25) is 0 Å². The van der Waals surface area contributed by atoms with E-state index in [0.29, 0.717) is 25.6 Å². The molecule has 1 aliphatic rings. The molecule has 0 aliphatic carbocycles. The van der Waals surface area contributed by atoms with E-state index in [9.17, 15) is 4.79 Å². The molecule has 1 fully saturated rings. The Kier molecular flexibility index (Phi) is 8.36. The molecule has 202 valence electrons. The van der Waals surface area contributed by atoms with Gasteiger partial charge < -0.3 is 9.64 Å². The number of hydrogen-bond donors (Lipinski definition) is 1. The molecule has 38 heavy (non-hydrogen) atoms. The third kappa shape index (κ3) is 5.99. The van der Waals surface area contributed by atoms with Gasteiger partial charge in [-0.2, -0.15) is 0 Å². The van der Waals surface area contributed by atoms with Gasteiger partial charge in [-0.15, -0.1) is 0 Å². The van der Waals surface area contributed by atoms with Crippen LogP contribution in [0.25, 0.3) is 11.4 Å². The molecule has 7 heteroatoms. The van der Waals surface area contributed by atoms with Crippen LogP contribution in [0.1, 0.15) is 67.1 Å². The van der Waals surface area contributed by atoms with E-state index in [0.717, 1.165) is 57.4 Å². The molecule has 3 aromatic rings. The zero-order chi connectivity index (χ0) is 27.6. The molecule has 1 N–H and O–H groups in total. The lowest BCUT2D eigenvalue weighted by Gasteiger charge is -2.41. The van der Waals surface area contributed by atoms with Crippen molar-refractivity contribution in [2.75, 3.05) is 24.5 Å². The minimum absolute atomic E-state index is 0.0473. The molecule has 4 rings (SSSR count). The number of amides is 1. The van der Waals surface area contributed by atoms with Crippen LogP contribution in [0.15, 0.2) is 36.4 Å². The molecular formula is C31H41N5O2. The van der Waals surface area contributed by atoms with Crippen molar-refractivity contribution in [1.29, 1.82) is 0 Å². The number of anilines is 1. The summed E-state index contributed by atoms with van der Waals surface area (Å²) < 4.78 is 6.45. The second-order valence-electron chi connectivity index (χ2n) is 10.8. The van der Waals surface area contributed by atoms with Gasteiger partial charge in [0.05, 0.1) is 11.3 Å². The first-order chi connectivity index (χ1) is 18.0. The molecule has 0 unspecified atom stereocenters. The number of carbonyl (C=O) groups is 1. The number of nitrogens with one attached hydrogen (secondary N) is 1. The summed E-state index contributed by atoms with van der Waals surface area (Å²) in [6, 6.07) is 12.9. The first-order valence-corrected chi connectivity index (χ1v) is 13.5. The van der Waals surface area contributed by atoms with Crippen molar-refractivity contribution in [2.24, 2.45) is 0 Å². The number of nitrogens with zero attached hydrogens (tertiary/aromatic N) is 4. The highest BCUT2D eigenvalue weighted by Crippen LogP contribution is 2.32. The summed E-state index contributed by atoms with van der Waals surface area (Å²) in [5, 5.41) is 1.99. The Balaban J connectivity index is 1.74. The molecule has 0 saturated carbocycles. The number of ether oxygens (including phenoxy) is 1. The zero-order valence-electron chi connectivity index (χ0n) is 24.1. The first-order valence-electron chi connectivity index (χ1n) is 13.5. The molecule has 0 spiro atoms. The normalized spacial score (nSPS) is 16.1. The molecule has 0 bridgehead atoms. The zero-order valence-corrected chi connectivity index (χ0v) is 24.1. The van der Waals surface area contributed by atoms with Crippen molar-refractivity contribution in [1.82, 2.24) is 20.4 Å². The molecule has 2 heterocycles. The third-order valence-corrected chi connectivity index (χ3v) is 7.36. The maximum Gasteiger partial charge on any atom is 0.231 e. The Morgan fingerprint density at radius 1 is 1.05 bits per heavy atom. The quantitative estimate of drug-likeness (QED) is 0.439. The Morgan fingerprint density at radius 3 is 2.39 bits per heavy atom. The fourth-order valence-corrected chi connectivity index (χ4v) is 5.14. The smallest absolute Gasteiger partial charge is 0.231 e. The standard InChI is InChI=1S/C31H41N5O2/c1-19(2)26-13-12-20(3)28(16-26)38-18-27-24(7)32-30(29-21(4)10-9-11-22(29)5)33-31(27)36-15-14-35(17-23(36)6)34-25(8)37/h9-13,16,19,23H,14-15,17-18H2,1-8H3,(H,34,37)/t23-/m0/s1. The van der Waals surface area contributed by atoms with Gasteiger partial charge in [0.25, 0.3) is 0 Å². The first kappa shape index (κ1) is 27.6. The average molecular weight is 516 g/mol. The van der Waals surface area contributed by atoms with Crippen molar-refractivity contribution in [2.45, 2.75) is 74.0 Å². The van der Waals surface area contributed by atoms with Crippen molar-refractivity contribution >= 4 is 11.7 Å². The molecule has 1 amide bonds. The SMILES string of the molecule is CC(=O)NN1CCN(c2nc(-c3c(C)cccc3C)nc(C)c2COc2cc(C(C)C)ccc2C)[C@@H](C)C1. The highest BCUT2D eigenvalue weighted by atomic mass is 16.5. The predicted molar refractivity (Wildman–Crippen MR) is 153 cm³/mol. The number of aromatic nitrogens is 2. The van der Waals surface area contributed by atoms with Crippen LogP contribution >= 0.6 is 0 Å². The van der Waals surface area contributed by atoms with Crippen LogP contribution < -0.4 is 15.1 Å². The van der Waals surface area contributed by atoms with Gasteiger partial charge in [0.15, 0.2) is 5.82 Å². The minimum atomic E-state index is -0.0473. The molecule has 2 aromatic carbocycles. The van der Waals surface area contributed by atoms with Crippen LogP contribution in [0.4, 0.5) is 5.82 Å². The number of hydrazine groups is 1. The topological polar surface area (TPSA) is 70.6 Å². The van der Waals surface area contributed by atoms with E-state index in [1.165, 1.54) is 5.56 Å². The van der Waals surface area contributed by atoms with Gasteiger partial charge in [-0.05, 0) is 68.9 Å². The number of carbonyl (C=O) groups excluding carboxylic acids is 1. The second kappa shape index (κ2) is 11.5. The van der Waals surface area contributed by atoms with Crippen LogP contribution in [-0.4, -0.2) is 46.6 Å². The summed E-state index contributed by atoms with van der Waals surface area (Å²) in [6.45, 7) is 19.0. The summed E-state index contributed by atoms with van der Waals surface area (Å²) in [4.78, 5) is 24.2. The molecular weight excluding hydrogens is 474 g/mol. The van der Waals surface area contributed by atoms with Crippen molar-refractivity contribution in [3.8, 4) is 17.1 Å². The van der Waals surface area contributed by atoms with E-state index in [4.69, 9.17) is 14.7 Å². The Hall–Kier alpha value is -3.45. The summed E-state index contributed by atoms with van der Waals surface area (Å²) in [5.74, 6) is 2.92. The molecule has 0 radical (unpaired) electrons. The molecule has 1 saturated heterocycles. The Morgan fingerprint density at radius 2 is 1.76 bits per heavy atom. The highest BCUT2D eigenvalue weighted by molar-refractivity contribution is 5.72. The summed E-state index contributed by atoms with van der Waals surface area (Å²) in [5.41, 5.74) is 10.6. The number of rotatable bonds is 7. The van der Waals surface area contributed by atoms with Gasteiger partial charge in [-0.25, -0.2) is 15.0 Å². The van der Waals surface area contributed by atoms with Crippen LogP contribution in [0.3, 0.4) is 0 Å². The third-order valence-electron chi connectivity index (χ3n) is 7.36. The number of piperazine rings is 1. The van der Waals surface area contributed by atoms with Crippen molar-refractivity contribution in [3.05, 3.63) is 69.9 Å². The lowest BCUT2D eigenvalue weighted by atomic mass is 10.0. The highest BCUT2D eigenvalue weighted by Gasteiger charge is 2.29. The van der Waals surface area contributed by atoms with Crippen molar-refractivity contribution in [3.63, 3.8) is 0 Å². The monoisotopic (exact) mass is 515 g/mol. The van der Waals surface area contributed by atoms with Crippen molar-refractivity contribution < 1.29 is 9.53 Å². The predicted octanol–water partition coefficient (Wildman–Crippen LogP) is 5.64. The Bertz CT molecular complexity index is 1300. The Labute approximate surface area is 227 Å². The van der Waals surface area contributed by atoms with E-state index in [1.807, 2.05) is 5.01 Å². The largest absolute Gasteiger partial charge is 0.488 e. The summed E-state index contributed by atoms with van der Waals surface area (Å²) in [6.07, 6.45) is 0. The fraction of sp³-hybridized carbons (Fsp3) is 0.452. The van der Waals surface area contributed by atoms with Gasteiger partial charge >= 0.3 is 0 Å². The van der Waals surface area contributed by atoms with Gasteiger partial charge in [0.2, 0.25) is 5.91 Å². The number of aryl methyl sites for hydroxylation is 4. The van der Waals surface area contributed by atoms with E-state index in [-0.39, 0.29) is 11.9 Å². The number of hydrogen-bond acceptors (Lipinski definition) is 6. The lowest BCUT2D eigenvalue weighted by molar-refractivity contribution is -0.124. The maximum absolute atomic E-state index is 11.6. The molecule has 7 nitrogen and oxygen atoms in total. The van der Waals surface area contributed by atoms with Gasteiger partial charge in [-0.3, -0.25) is 10.2 Å². The van der Waals surface area contributed by atoms with Gasteiger partial charge in [-0.1, -0.05) is 44.2 Å². The number of benzene rings is 2. The van der Waals surface area contributed by atoms with Crippen LogP contribution in [0, 0.1) is 27.7 Å². The molecule has 1 aliphatic heterocycles. The van der Waals surface area contributed by atoms with Crippen LogP contribution in [-0.2, 0) is 11.4 Å². The summed E-state index contributed by atoms with van der Waals surface area (Å²) in [7, 11) is 0. The van der Waals surface area contributed by atoms with E-state index >= 15 is 0 Å². The average Bonchev–Trinajstić information content (AvgIpc) is 2.83. The van der Waals surface area contributed by atoms with E-state index in [1.54, 1.807) is 6.92 Å². The van der Waals surface area contributed by atoms with Gasteiger partial charge in [0, 0.05) is 38.2 Å². The molecule has 1 atom stereocenters. The fourth-order valence-electron chi connectivity index (χ4n) is 5.14. The van der Waals surface area contributed by atoms with E-state index in [2.05, 4.69) is 95.2 Å². The minimum Gasteiger partial charge on any atom is -0.488 e. The van der Waals surface area contributed by atoms with E-state index < -0.39 is 0 Å². The maximum atomic E-state index is 11.6. The van der Waals surface area contributed by atoms with Crippen LogP contribution in [0.5, 0.6) is 5.75 Å². The summed E-state index contributed by atoms with van der Waals surface area (Å²) >= 11 is 0. The second-order valence-corrected chi connectivity index (χ2v) is 10.8. The lowest BCUT2D eigenvalue weighted by Crippen LogP contribution is -2.57.